The molecule has 2 aromatic carbocycles. The molecule has 24 heavy (non-hydrogen) atoms. The minimum absolute atomic E-state index is 0.293. The molecule has 0 saturated heterocycles. The van der Waals surface area contributed by atoms with E-state index in [9.17, 15) is 9.59 Å². The third-order valence-electron chi connectivity index (χ3n) is 3.65. The average molecular weight is 346 g/mol. The summed E-state index contributed by atoms with van der Waals surface area (Å²) in [7, 11) is 0. The first-order valence-electron chi connectivity index (χ1n) is 7.57. The Morgan fingerprint density at radius 2 is 2.00 bits per heavy atom. The van der Waals surface area contributed by atoms with E-state index in [1.807, 2.05) is 31.2 Å². The zero-order chi connectivity index (χ0) is 17.1. The van der Waals surface area contributed by atoms with Crippen molar-refractivity contribution < 1.29 is 9.15 Å². The molecule has 3 aromatic rings. The Labute approximate surface area is 143 Å². The topological polar surface area (TPSA) is 61.4 Å². The molecule has 3 rings (SSSR count). The van der Waals surface area contributed by atoms with Gasteiger partial charge in [0, 0.05) is 11.6 Å². The number of benzene rings is 2. The molecule has 0 aliphatic rings. The Kier molecular flexibility index (Phi) is 4.71. The van der Waals surface area contributed by atoms with Crippen LogP contribution >= 0.6 is 11.6 Å². The zero-order valence-electron chi connectivity index (χ0n) is 13.1. The molecule has 0 amide bonds. The van der Waals surface area contributed by atoms with Crippen LogP contribution in [0.3, 0.4) is 0 Å². The third-order valence-corrected chi connectivity index (χ3v) is 3.89. The fourth-order valence-corrected chi connectivity index (χ4v) is 2.70. The van der Waals surface area contributed by atoms with Gasteiger partial charge in [-0.15, -0.1) is 0 Å². The second-order valence-corrected chi connectivity index (χ2v) is 5.92. The Hall–Kier alpha value is -2.53. The van der Waals surface area contributed by atoms with Crippen LogP contribution in [0.25, 0.3) is 10.9 Å². The molecule has 0 radical (unpaired) electrons. The quantitative estimate of drug-likeness (QED) is 0.665. The molecular weight excluding hydrogens is 330 g/mol. The van der Waals surface area contributed by atoms with Crippen LogP contribution in [0.1, 0.15) is 12.0 Å². The maximum atomic E-state index is 12.0. The molecule has 0 aliphatic heterocycles. The monoisotopic (exact) mass is 345 g/mol. The van der Waals surface area contributed by atoms with Crippen LogP contribution < -0.4 is 16.1 Å². The third kappa shape index (κ3) is 3.51. The smallest absolute Gasteiger partial charge is 0.422 e. The van der Waals surface area contributed by atoms with Gasteiger partial charge in [0.05, 0.1) is 17.5 Å². The number of fused-ring (bicyclic) bond motifs is 1. The fraction of sp³-hybridized carbons (Fsp3) is 0.222. The molecule has 0 saturated carbocycles. The molecule has 0 spiro atoms. The number of hydrogen-bond donors (Lipinski definition) is 0. The van der Waals surface area contributed by atoms with Crippen molar-refractivity contribution in [3.63, 3.8) is 0 Å². The largest absolute Gasteiger partial charge is 0.494 e. The fourth-order valence-electron chi connectivity index (χ4n) is 2.52. The normalized spacial score (nSPS) is 10.9. The average Bonchev–Trinajstić information content (AvgIpc) is 2.54. The number of halogens is 1. The lowest BCUT2D eigenvalue weighted by Gasteiger charge is -2.10. The lowest BCUT2D eigenvalue weighted by atomic mass is 10.2. The summed E-state index contributed by atoms with van der Waals surface area (Å²) in [6.07, 6.45) is 0.597. The van der Waals surface area contributed by atoms with E-state index < -0.39 is 11.4 Å². The number of rotatable bonds is 5. The first-order valence-corrected chi connectivity index (χ1v) is 7.95. The van der Waals surface area contributed by atoms with Crippen LogP contribution in [0.5, 0.6) is 5.75 Å². The van der Waals surface area contributed by atoms with Gasteiger partial charge in [-0.05, 0) is 49.2 Å². The van der Waals surface area contributed by atoms with Crippen molar-refractivity contribution in [3.8, 4) is 5.75 Å². The van der Waals surface area contributed by atoms with Gasteiger partial charge in [0.25, 0.3) is 0 Å². The first-order chi connectivity index (χ1) is 11.5. The van der Waals surface area contributed by atoms with E-state index in [1.54, 1.807) is 12.1 Å². The number of ether oxygens (including phenoxy) is 1. The van der Waals surface area contributed by atoms with Crippen molar-refractivity contribution in [2.75, 3.05) is 6.61 Å². The van der Waals surface area contributed by atoms with Crippen molar-refractivity contribution in [1.29, 1.82) is 0 Å². The van der Waals surface area contributed by atoms with Crippen LogP contribution in [-0.4, -0.2) is 11.2 Å². The summed E-state index contributed by atoms with van der Waals surface area (Å²) >= 11 is 5.90. The highest BCUT2D eigenvalue weighted by Crippen LogP contribution is 2.16. The summed E-state index contributed by atoms with van der Waals surface area (Å²) in [5, 5.41) is 0.712. The molecule has 6 heteroatoms. The van der Waals surface area contributed by atoms with Crippen LogP contribution in [0.4, 0.5) is 0 Å². The highest BCUT2D eigenvalue weighted by Gasteiger charge is 2.09. The van der Waals surface area contributed by atoms with E-state index in [4.69, 9.17) is 20.8 Å². The van der Waals surface area contributed by atoms with Gasteiger partial charge in [0.15, 0.2) is 0 Å². The van der Waals surface area contributed by atoms with Crippen molar-refractivity contribution >= 4 is 22.5 Å². The molecule has 1 aromatic heterocycles. The van der Waals surface area contributed by atoms with Crippen molar-refractivity contribution in [3.05, 3.63) is 74.0 Å². The van der Waals surface area contributed by atoms with Gasteiger partial charge in [-0.3, -0.25) is 4.57 Å². The Morgan fingerprint density at radius 3 is 2.79 bits per heavy atom. The van der Waals surface area contributed by atoms with Gasteiger partial charge in [0.2, 0.25) is 0 Å². The first kappa shape index (κ1) is 16.3. The van der Waals surface area contributed by atoms with Gasteiger partial charge in [-0.1, -0.05) is 23.7 Å². The van der Waals surface area contributed by atoms with Gasteiger partial charge in [-0.2, -0.15) is 0 Å². The molecule has 0 unspecified atom stereocenters. The summed E-state index contributed by atoms with van der Waals surface area (Å²) in [6, 6.07) is 12.6. The van der Waals surface area contributed by atoms with E-state index in [-0.39, 0.29) is 0 Å². The van der Waals surface area contributed by atoms with Gasteiger partial charge in [-0.25, -0.2) is 9.59 Å². The number of aryl methyl sites for hydroxylation is 2. The van der Waals surface area contributed by atoms with Gasteiger partial charge < -0.3 is 9.15 Å². The summed E-state index contributed by atoms with van der Waals surface area (Å²) in [5.41, 5.74) is 0.956. The number of hydrogen-bond acceptors (Lipinski definition) is 4. The molecule has 5 nitrogen and oxygen atoms in total. The van der Waals surface area contributed by atoms with Crippen LogP contribution in [0.2, 0.25) is 5.02 Å². The summed E-state index contributed by atoms with van der Waals surface area (Å²) in [6.45, 7) is 2.83. The predicted molar refractivity (Wildman–Crippen MR) is 93.0 cm³/mol. The molecule has 0 aliphatic carbocycles. The Bertz CT molecular complexity index is 990. The van der Waals surface area contributed by atoms with Crippen molar-refractivity contribution in [1.82, 2.24) is 4.57 Å². The van der Waals surface area contributed by atoms with E-state index in [0.29, 0.717) is 35.5 Å². The highest BCUT2D eigenvalue weighted by molar-refractivity contribution is 6.31. The second-order valence-electron chi connectivity index (χ2n) is 5.49. The van der Waals surface area contributed by atoms with E-state index in [0.717, 1.165) is 11.3 Å². The van der Waals surface area contributed by atoms with Gasteiger partial charge >= 0.3 is 11.4 Å². The molecule has 0 bridgehead atoms. The van der Waals surface area contributed by atoms with Crippen LogP contribution in [-0.2, 0) is 6.54 Å². The molecule has 0 atom stereocenters. The van der Waals surface area contributed by atoms with Crippen LogP contribution in [0, 0.1) is 6.92 Å². The summed E-state index contributed by atoms with van der Waals surface area (Å²) in [4.78, 5) is 23.8. The lowest BCUT2D eigenvalue weighted by molar-refractivity contribution is 0.296. The Morgan fingerprint density at radius 1 is 1.17 bits per heavy atom. The van der Waals surface area contributed by atoms with E-state index in [2.05, 4.69) is 0 Å². The predicted octanol–water partition coefficient (Wildman–Crippen LogP) is 3.39. The van der Waals surface area contributed by atoms with E-state index >= 15 is 0 Å². The second kappa shape index (κ2) is 6.93. The highest BCUT2D eigenvalue weighted by atomic mass is 35.5. The molecule has 0 fully saturated rings. The molecular formula is C18H16ClNO4. The standard InChI is InChI=1S/C18H16ClNO4/c1-12-4-2-5-14(10-12)23-9-3-8-20-16-7-6-13(19)11-15(16)17(21)24-18(20)22/h2,4-7,10-11H,3,8-9H2,1H3. The molecule has 1 heterocycles. The van der Waals surface area contributed by atoms with Crippen molar-refractivity contribution in [2.45, 2.75) is 19.9 Å². The number of aromatic nitrogens is 1. The van der Waals surface area contributed by atoms with Crippen molar-refractivity contribution in [2.24, 2.45) is 0 Å². The summed E-state index contributed by atoms with van der Waals surface area (Å²) in [5.74, 6) is 0.115. The summed E-state index contributed by atoms with van der Waals surface area (Å²) < 4.78 is 11.9. The van der Waals surface area contributed by atoms with Gasteiger partial charge in [0.1, 0.15) is 5.75 Å². The number of nitrogens with zero attached hydrogens (tertiary/aromatic N) is 1. The SMILES string of the molecule is Cc1cccc(OCCCn2c(=O)oc(=O)c3cc(Cl)ccc32)c1. The lowest BCUT2D eigenvalue weighted by Crippen LogP contribution is -2.25. The van der Waals surface area contributed by atoms with E-state index in [1.165, 1.54) is 10.6 Å². The van der Waals surface area contributed by atoms with Crippen LogP contribution in [0.15, 0.2) is 56.5 Å². The minimum Gasteiger partial charge on any atom is -0.494 e. The molecule has 124 valence electrons. The maximum Gasteiger partial charge on any atom is 0.422 e. The maximum absolute atomic E-state index is 12.0. The minimum atomic E-state index is -0.676. The zero-order valence-corrected chi connectivity index (χ0v) is 13.9. The Balaban J connectivity index is 1.76. The molecule has 0 N–H and O–H groups in total.